The maximum absolute atomic E-state index is 14.6. The Bertz CT molecular complexity index is 865. The first-order valence-corrected chi connectivity index (χ1v) is 7.39. The van der Waals surface area contributed by atoms with Crippen LogP contribution in [0.3, 0.4) is 0 Å². The van der Waals surface area contributed by atoms with Gasteiger partial charge in [-0.25, -0.2) is 17.6 Å². The first kappa shape index (κ1) is 16.2. The monoisotopic (exact) mass is 330 g/mol. The summed E-state index contributed by atoms with van der Waals surface area (Å²) in [7, 11) is 0. The van der Waals surface area contributed by atoms with Crippen LogP contribution in [0.5, 0.6) is 0 Å². The summed E-state index contributed by atoms with van der Waals surface area (Å²) in [5.74, 6) is -4.86. The van der Waals surface area contributed by atoms with E-state index < -0.39 is 23.3 Å². The summed E-state index contributed by atoms with van der Waals surface area (Å²) in [6.45, 7) is 3.60. The molecule has 0 nitrogen and oxygen atoms in total. The summed E-state index contributed by atoms with van der Waals surface area (Å²) in [6.07, 6.45) is 0. The fourth-order valence-corrected chi connectivity index (χ4v) is 2.72. The van der Waals surface area contributed by atoms with Crippen LogP contribution >= 0.6 is 0 Å². The van der Waals surface area contributed by atoms with E-state index in [1.54, 1.807) is 13.0 Å². The Hall–Kier alpha value is -2.62. The maximum atomic E-state index is 14.6. The van der Waals surface area contributed by atoms with Gasteiger partial charge in [0.1, 0.15) is 5.82 Å². The van der Waals surface area contributed by atoms with E-state index in [-0.39, 0.29) is 11.1 Å². The van der Waals surface area contributed by atoms with Crippen LogP contribution in [0.1, 0.15) is 11.1 Å². The van der Waals surface area contributed by atoms with Gasteiger partial charge in [-0.15, -0.1) is 0 Å². The topological polar surface area (TPSA) is 0 Å². The van der Waals surface area contributed by atoms with Crippen molar-refractivity contribution < 1.29 is 17.6 Å². The average Bonchev–Trinajstić information content (AvgIpc) is 2.52. The normalized spacial score (nSPS) is 10.9. The molecule has 3 rings (SSSR count). The zero-order chi connectivity index (χ0) is 17.4. The molecular formula is C20H14F4. The maximum Gasteiger partial charge on any atom is 0.194 e. The number of aryl methyl sites for hydroxylation is 2. The van der Waals surface area contributed by atoms with Gasteiger partial charge >= 0.3 is 0 Å². The van der Waals surface area contributed by atoms with Crippen molar-refractivity contribution in [2.75, 3.05) is 0 Å². The molecule has 0 atom stereocenters. The van der Waals surface area contributed by atoms with Crippen molar-refractivity contribution in [1.82, 2.24) is 0 Å². The molecule has 0 aliphatic carbocycles. The molecule has 0 aromatic heterocycles. The second-order valence-corrected chi connectivity index (χ2v) is 5.77. The summed E-state index contributed by atoms with van der Waals surface area (Å²) in [5, 5.41) is 0. The van der Waals surface area contributed by atoms with Gasteiger partial charge in [-0.3, -0.25) is 0 Å². The third kappa shape index (κ3) is 2.92. The smallest absolute Gasteiger partial charge is 0.194 e. The summed E-state index contributed by atoms with van der Waals surface area (Å²) in [4.78, 5) is 0. The van der Waals surface area contributed by atoms with Crippen molar-refractivity contribution in [3.05, 3.63) is 82.9 Å². The Kier molecular flexibility index (Phi) is 4.14. The minimum atomic E-state index is -1.56. The van der Waals surface area contributed by atoms with E-state index in [0.717, 1.165) is 23.3 Å². The minimum absolute atomic E-state index is 0.0307. The SMILES string of the molecule is Cc1ccc(-c2cc(C)c(-c3cc(F)c(F)c(F)c3)c(F)c2)cc1. The quantitative estimate of drug-likeness (QED) is 0.388. The summed E-state index contributed by atoms with van der Waals surface area (Å²) >= 11 is 0. The van der Waals surface area contributed by atoms with Crippen molar-refractivity contribution in [2.24, 2.45) is 0 Å². The molecule has 122 valence electrons. The number of benzene rings is 3. The van der Waals surface area contributed by atoms with Crippen LogP contribution < -0.4 is 0 Å². The first-order valence-electron chi connectivity index (χ1n) is 7.39. The molecule has 0 heterocycles. The van der Waals surface area contributed by atoms with Gasteiger partial charge in [-0.1, -0.05) is 35.9 Å². The predicted octanol–water partition coefficient (Wildman–Crippen LogP) is 6.19. The fraction of sp³-hybridized carbons (Fsp3) is 0.100. The van der Waals surface area contributed by atoms with Crippen molar-refractivity contribution >= 4 is 0 Å². The molecule has 0 amide bonds. The Morgan fingerprint density at radius 1 is 0.583 bits per heavy atom. The van der Waals surface area contributed by atoms with E-state index in [1.165, 1.54) is 6.07 Å². The van der Waals surface area contributed by atoms with Crippen LogP contribution in [-0.2, 0) is 0 Å². The highest BCUT2D eigenvalue weighted by Crippen LogP contribution is 2.33. The molecule has 24 heavy (non-hydrogen) atoms. The average molecular weight is 330 g/mol. The zero-order valence-corrected chi connectivity index (χ0v) is 13.1. The van der Waals surface area contributed by atoms with E-state index in [9.17, 15) is 17.6 Å². The third-order valence-electron chi connectivity index (χ3n) is 3.94. The Labute approximate surface area is 137 Å². The highest BCUT2D eigenvalue weighted by atomic mass is 19.2. The van der Waals surface area contributed by atoms with Crippen molar-refractivity contribution in [3.8, 4) is 22.3 Å². The molecule has 0 saturated heterocycles. The zero-order valence-electron chi connectivity index (χ0n) is 13.1. The van der Waals surface area contributed by atoms with Crippen LogP contribution in [0.2, 0.25) is 0 Å². The molecule has 0 aliphatic heterocycles. The van der Waals surface area contributed by atoms with E-state index in [4.69, 9.17) is 0 Å². The Morgan fingerprint density at radius 2 is 1.12 bits per heavy atom. The van der Waals surface area contributed by atoms with Gasteiger partial charge in [-0.2, -0.15) is 0 Å². The molecule has 0 fully saturated rings. The van der Waals surface area contributed by atoms with E-state index >= 15 is 0 Å². The lowest BCUT2D eigenvalue weighted by Gasteiger charge is -2.12. The van der Waals surface area contributed by atoms with Gasteiger partial charge in [0.2, 0.25) is 0 Å². The molecule has 4 heteroatoms. The molecule has 3 aromatic carbocycles. The third-order valence-corrected chi connectivity index (χ3v) is 3.94. The summed E-state index contributed by atoms with van der Waals surface area (Å²) < 4.78 is 54.6. The van der Waals surface area contributed by atoms with Crippen LogP contribution in [0, 0.1) is 37.1 Å². The second kappa shape index (κ2) is 6.11. The largest absolute Gasteiger partial charge is 0.206 e. The number of hydrogen-bond acceptors (Lipinski definition) is 0. The van der Waals surface area contributed by atoms with Crippen LogP contribution in [0.15, 0.2) is 48.5 Å². The molecular weight excluding hydrogens is 316 g/mol. The lowest BCUT2D eigenvalue weighted by atomic mass is 9.94. The molecule has 0 radical (unpaired) electrons. The number of hydrogen-bond donors (Lipinski definition) is 0. The summed E-state index contributed by atoms with van der Waals surface area (Å²) in [6, 6.07) is 12.2. The molecule has 0 aliphatic rings. The standard InChI is InChI=1S/C20H14F4/c1-11-3-5-13(6-4-11)14-7-12(2)19(16(21)8-14)15-9-17(22)20(24)18(23)10-15/h3-10H,1-2H3. The van der Waals surface area contributed by atoms with Crippen LogP contribution in [-0.4, -0.2) is 0 Å². The molecule has 0 spiro atoms. The second-order valence-electron chi connectivity index (χ2n) is 5.77. The lowest BCUT2D eigenvalue weighted by molar-refractivity contribution is 0.447. The van der Waals surface area contributed by atoms with Gasteiger partial charge in [0.25, 0.3) is 0 Å². The highest BCUT2D eigenvalue weighted by Gasteiger charge is 2.16. The van der Waals surface area contributed by atoms with Crippen LogP contribution in [0.25, 0.3) is 22.3 Å². The van der Waals surface area contributed by atoms with Gasteiger partial charge in [0.05, 0.1) is 0 Å². The van der Waals surface area contributed by atoms with E-state index in [2.05, 4.69) is 0 Å². The summed E-state index contributed by atoms with van der Waals surface area (Å²) in [5.41, 5.74) is 3.13. The predicted molar refractivity (Wildman–Crippen MR) is 86.6 cm³/mol. The van der Waals surface area contributed by atoms with Crippen LogP contribution in [0.4, 0.5) is 17.6 Å². The molecule has 0 bridgehead atoms. The van der Waals surface area contributed by atoms with Crippen molar-refractivity contribution in [3.63, 3.8) is 0 Å². The first-order chi connectivity index (χ1) is 11.4. The van der Waals surface area contributed by atoms with Gasteiger partial charge in [0.15, 0.2) is 17.5 Å². The molecule has 0 unspecified atom stereocenters. The fourth-order valence-electron chi connectivity index (χ4n) is 2.72. The molecule has 3 aromatic rings. The lowest BCUT2D eigenvalue weighted by Crippen LogP contribution is -1.96. The van der Waals surface area contributed by atoms with Gasteiger partial charge in [-0.05, 0) is 54.3 Å². The number of rotatable bonds is 2. The highest BCUT2D eigenvalue weighted by molar-refractivity contribution is 5.74. The van der Waals surface area contributed by atoms with Gasteiger partial charge < -0.3 is 0 Å². The Morgan fingerprint density at radius 3 is 1.67 bits per heavy atom. The van der Waals surface area contributed by atoms with Crippen molar-refractivity contribution in [2.45, 2.75) is 13.8 Å². The molecule has 0 saturated carbocycles. The van der Waals surface area contributed by atoms with Gasteiger partial charge in [0, 0.05) is 5.56 Å². The van der Waals surface area contributed by atoms with E-state index in [0.29, 0.717) is 11.1 Å². The minimum Gasteiger partial charge on any atom is -0.206 e. The van der Waals surface area contributed by atoms with Crippen molar-refractivity contribution in [1.29, 1.82) is 0 Å². The number of halogens is 4. The Balaban J connectivity index is 2.13. The molecule has 0 N–H and O–H groups in total. The van der Waals surface area contributed by atoms with E-state index in [1.807, 2.05) is 31.2 Å².